The number of nitrogens with one attached hydrogen (secondary N) is 1. The Labute approximate surface area is 58.7 Å². The number of hydrogen-bond acceptors (Lipinski definition) is 3. The Morgan fingerprint density at radius 2 is 2.44 bits per heavy atom. The largest absolute Gasteiger partial charge is 0.394 e. The van der Waals surface area contributed by atoms with Gasteiger partial charge in [-0.2, -0.15) is 0 Å². The number of hydrogen-bond donors (Lipinski definition) is 2. The van der Waals surface area contributed by atoms with Gasteiger partial charge in [0.2, 0.25) is 5.91 Å². The molecule has 0 atom stereocenters. The molecule has 0 fully saturated rings. The number of carbonyl (C=O) groups excluding carboxylic acids is 1. The number of amides is 1. The van der Waals surface area contributed by atoms with E-state index in [-0.39, 0.29) is 5.91 Å². The molecule has 52 valence electrons. The molecule has 0 bridgehead atoms. The fourth-order valence-corrected chi connectivity index (χ4v) is 0.691. The molecule has 0 aliphatic heterocycles. The second kappa shape index (κ2) is 4.26. The highest BCUT2D eigenvalue weighted by Crippen LogP contribution is 2.04. The number of nitrogens with two attached hydrogens (primary N) is 1. The van der Waals surface area contributed by atoms with Crippen molar-refractivity contribution in [2.75, 3.05) is 12.8 Å². The van der Waals surface area contributed by atoms with E-state index in [1.807, 2.05) is 0 Å². The summed E-state index contributed by atoms with van der Waals surface area (Å²) in [6.45, 7) is 3.42. The average Bonchev–Trinajstić information content (AvgIpc) is 1.83. The zero-order chi connectivity index (χ0) is 7.28. The Balaban J connectivity index is 3.28. The van der Waals surface area contributed by atoms with Crippen LogP contribution in [-0.2, 0) is 4.79 Å². The Bertz CT molecular complexity index is 124. The monoisotopic (exact) mass is 146 g/mol. The van der Waals surface area contributed by atoms with Crippen LogP contribution in [0.3, 0.4) is 0 Å². The first-order valence-corrected chi connectivity index (χ1v) is 3.43. The van der Waals surface area contributed by atoms with Crippen molar-refractivity contribution in [1.29, 1.82) is 0 Å². The summed E-state index contributed by atoms with van der Waals surface area (Å²) < 4.78 is 0. The molecule has 3 nitrogen and oxygen atoms in total. The van der Waals surface area contributed by atoms with Crippen LogP contribution in [0.15, 0.2) is 11.6 Å². The summed E-state index contributed by atoms with van der Waals surface area (Å²) in [7, 11) is 1.59. The van der Waals surface area contributed by atoms with E-state index in [2.05, 4.69) is 11.9 Å². The van der Waals surface area contributed by atoms with Crippen LogP contribution in [0.4, 0.5) is 0 Å². The van der Waals surface area contributed by atoms with Gasteiger partial charge in [-0.15, -0.1) is 0 Å². The van der Waals surface area contributed by atoms with E-state index >= 15 is 0 Å². The third-order valence-electron chi connectivity index (χ3n) is 0.667. The topological polar surface area (TPSA) is 55.1 Å². The van der Waals surface area contributed by atoms with Gasteiger partial charge in [-0.05, 0) is 0 Å². The molecular formula is C5H10N2OS. The zero-order valence-electron chi connectivity index (χ0n) is 5.31. The van der Waals surface area contributed by atoms with Crippen LogP contribution in [0.2, 0.25) is 0 Å². The maximum atomic E-state index is 10.5. The maximum Gasteiger partial charge on any atom is 0.230 e. The van der Waals surface area contributed by atoms with Gasteiger partial charge in [0.25, 0.3) is 0 Å². The fraction of sp³-hybridized carbons (Fsp3) is 0.400. The van der Waals surface area contributed by atoms with Gasteiger partial charge in [0.15, 0.2) is 0 Å². The minimum Gasteiger partial charge on any atom is -0.394 e. The normalized spacial score (nSPS) is 8.56. The molecular weight excluding hydrogens is 136 g/mol. The molecule has 0 rings (SSSR count). The third kappa shape index (κ3) is 5.23. The fourth-order valence-electron chi connectivity index (χ4n) is 0.230. The Morgan fingerprint density at radius 3 is 2.78 bits per heavy atom. The van der Waals surface area contributed by atoms with Gasteiger partial charge in [0, 0.05) is 7.05 Å². The molecule has 0 aromatic rings. The summed E-state index contributed by atoms with van der Waals surface area (Å²) >= 11 is 1.24. The molecule has 0 aliphatic rings. The highest BCUT2D eigenvalue weighted by Gasteiger charge is 1.96. The van der Waals surface area contributed by atoms with E-state index in [0.717, 1.165) is 0 Å². The van der Waals surface area contributed by atoms with Crippen molar-refractivity contribution in [3.63, 3.8) is 0 Å². The summed E-state index contributed by atoms with van der Waals surface area (Å²) in [5.74, 6) is 0.317. The molecule has 0 unspecified atom stereocenters. The first-order chi connectivity index (χ1) is 4.16. The van der Waals surface area contributed by atoms with Crippen LogP contribution >= 0.6 is 11.8 Å². The summed E-state index contributed by atoms with van der Waals surface area (Å²) in [6, 6.07) is 0. The predicted molar refractivity (Wildman–Crippen MR) is 39.9 cm³/mol. The smallest absolute Gasteiger partial charge is 0.230 e. The average molecular weight is 146 g/mol. The van der Waals surface area contributed by atoms with Crippen LogP contribution in [0.5, 0.6) is 0 Å². The van der Waals surface area contributed by atoms with Crippen molar-refractivity contribution in [3.8, 4) is 0 Å². The van der Waals surface area contributed by atoms with Crippen molar-refractivity contribution >= 4 is 17.7 Å². The van der Waals surface area contributed by atoms with Crippen LogP contribution in [0.1, 0.15) is 0 Å². The van der Waals surface area contributed by atoms with Crippen molar-refractivity contribution in [2.45, 2.75) is 0 Å². The third-order valence-corrected chi connectivity index (χ3v) is 1.44. The van der Waals surface area contributed by atoms with Gasteiger partial charge in [0.05, 0.1) is 10.8 Å². The minimum atomic E-state index is -0.0356. The van der Waals surface area contributed by atoms with E-state index in [1.54, 1.807) is 7.05 Å². The van der Waals surface area contributed by atoms with E-state index in [4.69, 9.17) is 5.73 Å². The van der Waals surface area contributed by atoms with Crippen molar-refractivity contribution in [3.05, 3.63) is 11.6 Å². The highest BCUT2D eigenvalue weighted by molar-refractivity contribution is 8.03. The molecule has 0 radical (unpaired) electrons. The Hall–Kier alpha value is -0.640. The molecule has 0 spiro atoms. The molecule has 0 aromatic heterocycles. The van der Waals surface area contributed by atoms with Crippen LogP contribution < -0.4 is 11.1 Å². The molecule has 0 heterocycles. The lowest BCUT2D eigenvalue weighted by Gasteiger charge is -1.96. The number of rotatable bonds is 3. The lowest BCUT2D eigenvalue weighted by Crippen LogP contribution is -2.20. The zero-order valence-corrected chi connectivity index (χ0v) is 6.12. The van der Waals surface area contributed by atoms with Gasteiger partial charge in [-0.25, -0.2) is 0 Å². The lowest BCUT2D eigenvalue weighted by atomic mass is 10.7. The van der Waals surface area contributed by atoms with Gasteiger partial charge in [0.1, 0.15) is 0 Å². The molecule has 0 aliphatic carbocycles. The molecule has 3 N–H and O–H groups in total. The van der Waals surface area contributed by atoms with Crippen LogP contribution in [0.25, 0.3) is 0 Å². The predicted octanol–water partition coefficient (Wildman–Crippen LogP) is -0.104. The quantitative estimate of drug-likeness (QED) is 0.584. The van der Waals surface area contributed by atoms with E-state index in [0.29, 0.717) is 10.8 Å². The van der Waals surface area contributed by atoms with Crippen molar-refractivity contribution < 1.29 is 4.79 Å². The summed E-state index contributed by atoms with van der Waals surface area (Å²) in [5, 5.41) is 2.93. The second-order valence-corrected chi connectivity index (χ2v) is 2.53. The van der Waals surface area contributed by atoms with Gasteiger partial charge in [-0.3, -0.25) is 4.79 Å². The first kappa shape index (κ1) is 8.36. The lowest BCUT2D eigenvalue weighted by molar-refractivity contribution is -0.118. The maximum absolute atomic E-state index is 10.5. The number of thioether (sulfide) groups is 1. The molecule has 0 saturated carbocycles. The molecule has 0 aromatic carbocycles. The Morgan fingerprint density at radius 1 is 1.89 bits per heavy atom. The van der Waals surface area contributed by atoms with Gasteiger partial charge >= 0.3 is 0 Å². The summed E-state index contributed by atoms with van der Waals surface area (Å²) in [5.41, 5.74) is 5.18. The van der Waals surface area contributed by atoms with Gasteiger partial charge < -0.3 is 11.1 Å². The van der Waals surface area contributed by atoms with E-state index in [1.165, 1.54) is 11.8 Å². The molecule has 0 saturated heterocycles. The molecule has 9 heavy (non-hydrogen) atoms. The van der Waals surface area contributed by atoms with Crippen molar-refractivity contribution in [1.82, 2.24) is 5.32 Å². The first-order valence-electron chi connectivity index (χ1n) is 2.44. The van der Waals surface area contributed by atoms with Crippen LogP contribution in [-0.4, -0.2) is 18.7 Å². The summed E-state index contributed by atoms with van der Waals surface area (Å²) in [6.07, 6.45) is 0. The van der Waals surface area contributed by atoms with Crippen LogP contribution in [0, 0.1) is 0 Å². The van der Waals surface area contributed by atoms with E-state index in [9.17, 15) is 4.79 Å². The molecule has 4 heteroatoms. The number of carbonyl (C=O) groups is 1. The highest BCUT2D eigenvalue weighted by atomic mass is 32.2. The van der Waals surface area contributed by atoms with Gasteiger partial charge in [-0.1, -0.05) is 18.3 Å². The second-order valence-electron chi connectivity index (χ2n) is 1.43. The van der Waals surface area contributed by atoms with Crippen molar-refractivity contribution in [2.24, 2.45) is 5.73 Å². The SMILES string of the molecule is C=C(N)SCC(=O)NC. The van der Waals surface area contributed by atoms with E-state index < -0.39 is 0 Å². The molecule has 1 amide bonds. The Kier molecular flexibility index (Phi) is 3.96. The minimum absolute atomic E-state index is 0.0356. The standard InChI is InChI=1S/C5H10N2OS/c1-4(6)9-3-5(8)7-2/h1,3,6H2,2H3,(H,7,8). The summed E-state index contributed by atoms with van der Waals surface area (Å²) in [4.78, 5) is 10.5.